The van der Waals surface area contributed by atoms with Crippen molar-refractivity contribution in [3.63, 3.8) is 0 Å². The number of carbonyl (C=O) groups is 1. The van der Waals surface area contributed by atoms with E-state index in [1.54, 1.807) is 18.1 Å². The number of rotatable bonds is 5. The Morgan fingerprint density at radius 2 is 2.35 bits per heavy atom. The second-order valence-corrected chi connectivity index (χ2v) is 4.19. The van der Waals surface area contributed by atoms with Gasteiger partial charge in [0.25, 0.3) is 0 Å². The third-order valence-electron chi connectivity index (χ3n) is 1.99. The van der Waals surface area contributed by atoms with Gasteiger partial charge in [-0.1, -0.05) is 0 Å². The van der Waals surface area contributed by atoms with E-state index in [9.17, 15) is 4.79 Å². The highest BCUT2D eigenvalue weighted by atomic mass is 79.9. The number of nitrogens with one attached hydrogen (secondary N) is 1. The van der Waals surface area contributed by atoms with Crippen LogP contribution in [-0.2, 0) is 4.79 Å². The SMILES string of the molecule is CCNC(=O)CN(C)c1ncc(Br)c(OC)n1. The second-order valence-electron chi connectivity index (χ2n) is 3.34. The lowest BCUT2D eigenvalue weighted by Crippen LogP contribution is -2.35. The van der Waals surface area contributed by atoms with Crippen molar-refractivity contribution < 1.29 is 9.53 Å². The molecule has 7 heteroatoms. The molecular formula is C10H15BrN4O2. The molecule has 94 valence electrons. The first-order valence-electron chi connectivity index (χ1n) is 5.12. The highest BCUT2D eigenvalue weighted by Crippen LogP contribution is 2.22. The Balaban J connectivity index is 2.75. The van der Waals surface area contributed by atoms with Crippen LogP contribution < -0.4 is 15.0 Å². The molecule has 1 aromatic heterocycles. The largest absolute Gasteiger partial charge is 0.480 e. The van der Waals surface area contributed by atoms with E-state index in [1.165, 1.54) is 7.11 Å². The lowest BCUT2D eigenvalue weighted by Gasteiger charge is -2.16. The van der Waals surface area contributed by atoms with E-state index >= 15 is 0 Å². The molecule has 0 aliphatic heterocycles. The van der Waals surface area contributed by atoms with Gasteiger partial charge in [-0.05, 0) is 22.9 Å². The van der Waals surface area contributed by atoms with Gasteiger partial charge in [0.15, 0.2) is 0 Å². The second kappa shape index (κ2) is 6.39. The molecule has 0 fully saturated rings. The third kappa shape index (κ3) is 3.85. The van der Waals surface area contributed by atoms with Gasteiger partial charge in [-0.25, -0.2) is 4.98 Å². The van der Waals surface area contributed by atoms with Gasteiger partial charge in [0.2, 0.25) is 17.7 Å². The highest BCUT2D eigenvalue weighted by Gasteiger charge is 2.11. The number of hydrogen-bond donors (Lipinski definition) is 1. The van der Waals surface area contributed by atoms with Crippen LogP contribution in [0.4, 0.5) is 5.95 Å². The Morgan fingerprint density at radius 3 is 2.94 bits per heavy atom. The maximum atomic E-state index is 11.4. The summed E-state index contributed by atoms with van der Waals surface area (Å²) in [6.45, 7) is 2.69. The van der Waals surface area contributed by atoms with E-state index in [1.807, 2.05) is 6.92 Å². The fourth-order valence-corrected chi connectivity index (χ4v) is 1.56. The summed E-state index contributed by atoms with van der Waals surface area (Å²) in [7, 11) is 3.28. The zero-order valence-corrected chi connectivity index (χ0v) is 11.6. The number of methoxy groups -OCH3 is 1. The van der Waals surface area contributed by atoms with Gasteiger partial charge < -0.3 is 15.0 Å². The van der Waals surface area contributed by atoms with Crippen molar-refractivity contribution in [2.45, 2.75) is 6.92 Å². The summed E-state index contributed by atoms with van der Waals surface area (Å²) in [6, 6.07) is 0. The van der Waals surface area contributed by atoms with Gasteiger partial charge in [0.05, 0.1) is 24.3 Å². The van der Waals surface area contributed by atoms with Crippen molar-refractivity contribution in [1.29, 1.82) is 0 Å². The predicted molar refractivity (Wildman–Crippen MR) is 68.2 cm³/mol. The first-order chi connectivity index (χ1) is 8.08. The molecule has 0 saturated heterocycles. The van der Waals surface area contributed by atoms with Gasteiger partial charge in [-0.15, -0.1) is 0 Å². The molecule has 1 N–H and O–H groups in total. The van der Waals surface area contributed by atoms with E-state index in [0.29, 0.717) is 22.8 Å². The minimum atomic E-state index is -0.0690. The standard InChI is InChI=1S/C10H15BrN4O2/c1-4-12-8(16)6-15(2)10-13-5-7(11)9(14-10)17-3/h5H,4,6H2,1-3H3,(H,12,16). The maximum Gasteiger partial charge on any atom is 0.239 e. The number of amides is 1. The number of nitrogens with zero attached hydrogens (tertiary/aromatic N) is 3. The number of carbonyl (C=O) groups excluding carboxylic acids is 1. The first-order valence-corrected chi connectivity index (χ1v) is 5.92. The summed E-state index contributed by atoms with van der Waals surface area (Å²) in [5.74, 6) is 0.814. The third-order valence-corrected chi connectivity index (χ3v) is 2.53. The van der Waals surface area contributed by atoms with E-state index in [0.717, 1.165) is 0 Å². The molecule has 0 spiro atoms. The lowest BCUT2D eigenvalue weighted by molar-refractivity contribution is -0.119. The van der Waals surface area contributed by atoms with Crippen LogP contribution in [-0.4, -0.2) is 43.1 Å². The quantitative estimate of drug-likeness (QED) is 0.872. The molecular weight excluding hydrogens is 288 g/mol. The minimum absolute atomic E-state index is 0.0690. The molecule has 0 bridgehead atoms. The number of hydrogen-bond acceptors (Lipinski definition) is 5. The smallest absolute Gasteiger partial charge is 0.239 e. The zero-order chi connectivity index (χ0) is 12.8. The zero-order valence-electron chi connectivity index (χ0n) is 10.0. The van der Waals surface area contributed by atoms with Gasteiger partial charge in [-0.2, -0.15) is 4.98 Å². The molecule has 1 amide bonds. The summed E-state index contributed by atoms with van der Waals surface area (Å²) >= 11 is 3.27. The van der Waals surface area contributed by atoms with Crippen molar-refractivity contribution in [2.75, 3.05) is 32.1 Å². The number of anilines is 1. The van der Waals surface area contributed by atoms with Crippen LogP contribution in [0.15, 0.2) is 10.7 Å². The Kier molecular flexibility index (Phi) is 5.14. The average molecular weight is 303 g/mol. The fourth-order valence-electron chi connectivity index (χ4n) is 1.21. The van der Waals surface area contributed by atoms with E-state index in [4.69, 9.17) is 4.74 Å². The van der Waals surface area contributed by atoms with Crippen LogP contribution in [0.2, 0.25) is 0 Å². The Morgan fingerprint density at radius 1 is 1.65 bits per heavy atom. The van der Waals surface area contributed by atoms with Crippen LogP contribution >= 0.6 is 15.9 Å². The Hall–Kier alpha value is -1.37. The van der Waals surface area contributed by atoms with E-state index in [2.05, 4.69) is 31.2 Å². The van der Waals surface area contributed by atoms with Crippen molar-refractivity contribution in [3.05, 3.63) is 10.7 Å². The van der Waals surface area contributed by atoms with Gasteiger partial charge in [0, 0.05) is 13.6 Å². The number of halogens is 1. The number of aromatic nitrogens is 2. The monoisotopic (exact) mass is 302 g/mol. The molecule has 6 nitrogen and oxygen atoms in total. The molecule has 1 rings (SSSR count). The molecule has 0 aliphatic rings. The molecule has 0 aliphatic carbocycles. The van der Waals surface area contributed by atoms with E-state index < -0.39 is 0 Å². The highest BCUT2D eigenvalue weighted by molar-refractivity contribution is 9.10. The molecule has 0 unspecified atom stereocenters. The normalized spacial score (nSPS) is 9.88. The van der Waals surface area contributed by atoms with Crippen LogP contribution in [0.3, 0.4) is 0 Å². The first kappa shape index (κ1) is 13.7. The summed E-state index contributed by atoms with van der Waals surface area (Å²) < 4.78 is 5.74. The van der Waals surface area contributed by atoms with Crippen molar-refractivity contribution >= 4 is 27.8 Å². The Labute approximate surface area is 109 Å². The predicted octanol–water partition coefficient (Wildman–Crippen LogP) is 0.820. The summed E-state index contributed by atoms with van der Waals surface area (Å²) in [6.07, 6.45) is 1.59. The molecule has 0 radical (unpaired) electrons. The average Bonchev–Trinajstić information content (AvgIpc) is 2.29. The van der Waals surface area contributed by atoms with Crippen LogP contribution in [0.1, 0.15) is 6.92 Å². The summed E-state index contributed by atoms with van der Waals surface area (Å²) in [4.78, 5) is 21.3. The number of likely N-dealkylation sites (N-methyl/N-ethyl adjacent to an activating group) is 2. The molecule has 0 atom stereocenters. The van der Waals surface area contributed by atoms with Crippen LogP contribution in [0, 0.1) is 0 Å². The van der Waals surface area contributed by atoms with E-state index in [-0.39, 0.29) is 12.5 Å². The molecule has 1 aromatic rings. The van der Waals surface area contributed by atoms with Crippen molar-refractivity contribution in [3.8, 4) is 5.88 Å². The summed E-state index contributed by atoms with van der Waals surface area (Å²) in [5, 5.41) is 2.71. The molecule has 0 saturated carbocycles. The van der Waals surface area contributed by atoms with Crippen LogP contribution in [0.25, 0.3) is 0 Å². The topological polar surface area (TPSA) is 67.4 Å². The molecule has 17 heavy (non-hydrogen) atoms. The van der Waals surface area contributed by atoms with Gasteiger partial charge in [0.1, 0.15) is 0 Å². The fraction of sp³-hybridized carbons (Fsp3) is 0.500. The molecule has 1 heterocycles. The maximum absolute atomic E-state index is 11.4. The lowest BCUT2D eigenvalue weighted by atomic mass is 10.5. The van der Waals surface area contributed by atoms with Crippen molar-refractivity contribution in [1.82, 2.24) is 15.3 Å². The summed E-state index contributed by atoms with van der Waals surface area (Å²) in [5.41, 5.74) is 0. The van der Waals surface area contributed by atoms with Crippen LogP contribution in [0.5, 0.6) is 5.88 Å². The van der Waals surface area contributed by atoms with Gasteiger partial charge in [-0.3, -0.25) is 4.79 Å². The number of ether oxygens (including phenoxy) is 1. The minimum Gasteiger partial charge on any atom is -0.480 e. The van der Waals surface area contributed by atoms with Crippen molar-refractivity contribution in [2.24, 2.45) is 0 Å². The molecule has 0 aromatic carbocycles. The van der Waals surface area contributed by atoms with Gasteiger partial charge >= 0.3 is 0 Å². The Bertz CT molecular complexity index is 400.